The number of aliphatic hydroxyl groups excluding tert-OH is 1. The predicted octanol–water partition coefficient (Wildman–Crippen LogP) is 6.54. The molecule has 2 N–H and O–H groups in total. The van der Waals surface area contributed by atoms with Crippen LogP contribution in [0.5, 0.6) is 0 Å². The summed E-state index contributed by atoms with van der Waals surface area (Å²) in [4.78, 5) is 11.9. The Morgan fingerprint density at radius 2 is 1.82 bits per heavy atom. The van der Waals surface area contributed by atoms with E-state index in [2.05, 4.69) is 27.7 Å². The lowest BCUT2D eigenvalue weighted by Gasteiger charge is -2.59. The molecule has 7 aliphatic rings. The molecule has 44 heavy (non-hydrogen) atoms. The Kier molecular flexibility index (Phi) is 7.45. The Labute approximate surface area is 264 Å². The van der Waals surface area contributed by atoms with Crippen molar-refractivity contribution in [2.45, 2.75) is 149 Å². The van der Waals surface area contributed by atoms with Crippen LogP contribution < -0.4 is 0 Å². The molecule has 2 heterocycles. The lowest BCUT2D eigenvalue weighted by atomic mass is 9.45. The van der Waals surface area contributed by atoms with Crippen LogP contribution in [0.25, 0.3) is 0 Å². The molecule has 5 aliphatic carbocycles. The van der Waals surface area contributed by atoms with Gasteiger partial charge in [-0.15, -0.1) is 0 Å². The predicted molar refractivity (Wildman–Crippen MR) is 166 cm³/mol. The highest BCUT2D eigenvalue weighted by Gasteiger charge is 2.84. The number of carbonyl (C=O) groups excluding carboxylic acids is 1. The highest BCUT2D eigenvalue weighted by molar-refractivity contribution is 5.66. The highest BCUT2D eigenvalue weighted by Crippen LogP contribution is 2.90. The molecule has 0 bridgehead atoms. The van der Waals surface area contributed by atoms with E-state index < -0.39 is 11.7 Å². The number of fused-ring (bicyclic) bond motifs is 3. The Balaban J connectivity index is 1.08. The molecule has 1 saturated heterocycles. The van der Waals surface area contributed by atoms with E-state index in [0.717, 1.165) is 43.5 Å². The first-order valence-electron chi connectivity index (χ1n) is 17.9. The maximum absolute atomic E-state index is 11.9. The van der Waals surface area contributed by atoms with Crippen LogP contribution in [0.2, 0.25) is 0 Å². The van der Waals surface area contributed by atoms with Gasteiger partial charge in [0.1, 0.15) is 6.10 Å². The van der Waals surface area contributed by atoms with Crippen LogP contribution in [0.15, 0.2) is 11.3 Å². The zero-order chi connectivity index (χ0) is 31.4. The van der Waals surface area contributed by atoms with Gasteiger partial charge in [0.05, 0.1) is 30.7 Å². The summed E-state index contributed by atoms with van der Waals surface area (Å²) in [5.41, 5.74) is 1.62. The standard InChI is InChI=1S/C37H58O7/c1-21-36-16-15-35(7)26-8-10-28(32(34(5,6)40)43-22(2)38)44-29(26)19-27(35)25(36)9-11-30-33(3,4)23(12-14-37(21,30)36)20-42-31-18-24(39)13-17-41-31/h21,23-25,27-28,30-32,39-40H,8-20H2,1-7H3/t21-,23?,24-,25-,27?,28+,30?,31?,32+,35+,36-,37?/m0/s1. The molecule has 7 nitrogen and oxygen atoms in total. The van der Waals surface area contributed by atoms with Crippen molar-refractivity contribution in [3.8, 4) is 0 Å². The van der Waals surface area contributed by atoms with Crippen LogP contribution in [0.4, 0.5) is 0 Å². The molecule has 0 amide bonds. The van der Waals surface area contributed by atoms with E-state index in [4.69, 9.17) is 18.9 Å². The monoisotopic (exact) mass is 614 g/mol. The zero-order valence-corrected chi connectivity index (χ0v) is 28.3. The van der Waals surface area contributed by atoms with Crippen molar-refractivity contribution in [2.24, 2.45) is 51.2 Å². The lowest BCUT2D eigenvalue weighted by molar-refractivity contribution is -0.204. The fourth-order valence-electron chi connectivity index (χ4n) is 13.0. The maximum Gasteiger partial charge on any atom is 0.303 e. The van der Waals surface area contributed by atoms with Crippen molar-refractivity contribution < 1.29 is 34.0 Å². The number of aliphatic hydroxyl groups is 2. The summed E-state index contributed by atoms with van der Waals surface area (Å²) in [6.07, 6.45) is 10.2. The summed E-state index contributed by atoms with van der Waals surface area (Å²) in [6, 6.07) is 0. The molecular formula is C37H58O7. The van der Waals surface area contributed by atoms with Gasteiger partial charge in [0.2, 0.25) is 0 Å². The summed E-state index contributed by atoms with van der Waals surface area (Å²) in [7, 11) is 0. The summed E-state index contributed by atoms with van der Waals surface area (Å²) in [6.45, 7) is 16.4. The molecule has 7 heteroatoms. The normalized spacial score (nSPS) is 48.1. The SMILES string of the molecule is CC(=O)O[C@H]([C@H]1CCC2=C(CC3[C@@H]4CCC5C(C)(C)C(COC6C[C@@H](O)CCO6)CCC56[C@@H](C)[C@@]46CC[C@]23C)O1)C(C)(C)O. The molecule has 5 fully saturated rings. The number of hydrogen-bond donors (Lipinski definition) is 2. The average Bonchev–Trinajstić information content (AvgIpc) is 3.32. The van der Waals surface area contributed by atoms with Gasteiger partial charge in [-0.25, -0.2) is 0 Å². The smallest absolute Gasteiger partial charge is 0.303 e. The molecule has 5 unspecified atom stereocenters. The summed E-state index contributed by atoms with van der Waals surface area (Å²) in [5.74, 6) is 4.09. The Morgan fingerprint density at radius 1 is 1.05 bits per heavy atom. The third-order valence-electron chi connectivity index (χ3n) is 15.0. The minimum atomic E-state index is -1.16. The molecule has 248 valence electrons. The van der Waals surface area contributed by atoms with Crippen LogP contribution in [0, 0.1) is 51.2 Å². The first-order chi connectivity index (χ1) is 20.7. The molecule has 0 aromatic carbocycles. The first kappa shape index (κ1) is 31.4. The number of carbonyl (C=O) groups is 1. The van der Waals surface area contributed by atoms with E-state index in [9.17, 15) is 15.0 Å². The van der Waals surface area contributed by atoms with Gasteiger partial charge in [-0.1, -0.05) is 27.7 Å². The molecule has 4 saturated carbocycles. The Bertz CT molecular complexity index is 1190. The summed E-state index contributed by atoms with van der Waals surface area (Å²) in [5, 5.41) is 21.0. The number of allylic oxidation sites excluding steroid dienone is 2. The lowest BCUT2D eigenvalue weighted by Crippen LogP contribution is -2.53. The minimum Gasteiger partial charge on any atom is -0.491 e. The number of ether oxygens (including phenoxy) is 4. The second-order valence-corrected chi connectivity index (χ2v) is 17.4. The fraction of sp³-hybridized carbons (Fsp3) is 0.919. The van der Waals surface area contributed by atoms with Crippen molar-refractivity contribution in [1.29, 1.82) is 0 Å². The maximum atomic E-state index is 11.9. The molecule has 7 rings (SSSR count). The van der Waals surface area contributed by atoms with E-state index in [1.54, 1.807) is 13.8 Å². The van der Waals surface area contributed by atoms with Gasteiger partial charge in [-0.3, -0.25) is 4.79 Å². The molecule has 2 aliphatic heterocycles. The van der Waals surface area contributed by atoms with E-state index in [1.807, 2.05) is 0 Å². The van der Waals surface area contributed by atoms with Crippen molar-refractivity contribution in [2.75, 3.05) is 13.2 Å². The molecule has 12 atom stereocenters. The Hall–Kier alpha value is -1.15. The van der Waals surface area contributed by atoms with Crippen molar-refractivity contribution in [1.82, 2.24) is 0 Å². The second kappa shape index (κ2) is 10.4. The fourth-order valence-corrected chi connectivity index (χ4v) is 13.0. The molecule has 0 radical (unpaired) electrons. The van der Waals surface area contributed by atoms with Gasteiger partial charge >= 0.3 is 5.97 Å². The van der Waals surface area contributed by atoms with Gasteiger partial charge < -0.3 is 29.2 Å². The zero-order valence-electron chi connectivity index (χ0n) is 28.3. The third-order valence-corrected chi connectivity index (χ3v) is 15.0. The third kappa shape index (κ3) is 4.37. The topological polar surface area (TPSA) is 94.5 Å². The van der Waals surface area contributed by atoms with Gasteiger partial charge in [-0.2, -0.15) is 0 Å². The average molecular weight is 615 g/mol. The van der Waals surface area contributed by atoms with E-state index in [1.165, 1.54) is 51.0 Å². The van der Waals surface area contributed by atoms with Gasteiger partial charge in [-0.05, 0) is 128 Å². The van der Waals surface area contributed by atoms with Crippen LogP contribution in [-0.2, 0) is 23.7 Å². The largest absolute Gasteiger partial charge is 0.491 e. The second-order valence-electron chi connectivity index (χ2n) is 17.4. The van der Waals surface area contributed by atoms with Gasteiger partial charge in [0.15, 0.2) is 12.4 Å². The minimum absolute atomic E-state index is 0.184. The van der Waals surface area contributed by atoms with Crippen molar-refractivity contribution in [3.05, 3.63) is 11.3 Å². The van der Waals surface area contributed by atoms with Crippen LogP contribution >= 0.6 is 0 Å². The molecule has 0 aromatic heterocycles. The van der Waals surface area contributed by atoms with E-state index >= 15 is 0 Å². The number of rotatable bonds is 6. The van der Waals surface area contributed by atoms with Crippen LogP contribution in [-0.4, -0.2) is 59.6 Å². The van der Waals surface area contributed by atoms with Crippen molar-refractivity contribution in [3.63, 3.8) is 0 Å². The summed E-state index contributed by atoms with van der Waals surface area (Å²) >= 11 is 0. The number of hydrogen-bond acceptors (Lipinski definition) is 7. The van der Waals surface area contributed by atoms with Gasteiger partial charge in [0.25, 0.3) is 0 Å². The molecule has 0 aromatic rings. The van der Waals surface area contributed by atoms with Crippen LogP contribution in [0.3, 0.4) is 0 Å². The van der Waals surface area contributed by atoms with E-state index in [-0.39, 0.29) is 35.3 Å². The van der Waals surface area contributed by atoms with Crippen LogP contribution in [0.1, 0.15) is 119 Å². The quantitative estimate of drug-likeness (QED) is 0.328. The van der Waals surface area contributed by atoms with Gasteiger partial charge in [0, 0.05) is 19.8 Å². The van der Waals surface area contributed by atoms with Crippen molar-refractivity contribution >= 4 is 5.97 Å². The first-order valence-corrected chi connectivity index (χ1v) is 17.9. The summed E-state index contributed by atoms with van der Waals surface area (Å²) < 4.78 is 24.6. The molecule has 2 spiro atoms. The highest BCUT2D eigenvalue weighted by atomic mass is 16.7. The molecular weight excluding hydrogens is 556 g/mol. The number of esters is 1. The van der Waals surface area contributed by atoms with E-state index in [0.29, 0.717) is 48.0 Å². The Morgan fingerprint density at radius 3 is 2.52 bits per heavy atom.